The fourth-order valence-corrected chi connectivity index (χ4v) is 1.53. The van der Waals surface area contributed by atoms with E-state index < -0.39 is 17.4 Å². The van der Waals surface area contributed by atoms with E-state index in [0.717, 1.165) is 5.56 Å². The second kappa shape index (κ2) is 6.22. The third-order valence-corrected chi connectivity index (χ3v) is 3.21. The third-order valence-electron chi connectivity index (χ3n) is 3.21. The molecular weight excluding hydrogens is 244 g/mol. The fourth-order valence-electron chi connectivity index (χ4n) is 1.53. The molecule has 0 aliphatic rings. The Labute approximate surface area is 113 Å². The summed E-state index contributed by atoms with van der Waals surface area (Å²) in [5.74, 6) is -0.911. The minimum absolute atomic E-state index is 0.0937. The normalized spacial score (nSPS) is 13.4. The first-order valence-corrected chi connectivity index (χ1v) is 6.22. The van der Waals surface area contributed by atoms with Gasteiger partial charge in [0.2, 0.25) is 0 Å². The van der Waals surface area contributed by atoms with E-state index in [9.17, 15) is 9.59 Å². The van der Waals surface area contributed by atoms with Gasteiger partial charge in [-0.1, -0.05) is 19.1 Å². The molecule has 1 atom stereocenters. The van der Waals surface area contributed by atoms with Crippen LogP contribution in [0.4, 0.5) is 10.5 Å². The van der Waals surface area contributed by atoms with Crippen molar-refractivity contribution in [1.29, 1.82) is 0 Å². The van der Waals surface area contributed by atoms with Crippen molar-refractivity contribution in [3.05, 3.63) is 29.8 Å². The van der Waals surface area contributed by atoms with Crippen molar-refractivity contribution < 1.29 is 14.7 Å². The van der Waals surface area contributed by atoms with Gasteiger partial charge < -0.3 is 15.7 Å². The van der Waals surface area contributed by atoms with Gasteiger partial charge in [-0.05, 0) is 38.0 Å². The lowest BCUT2D eigenvalue weighted by Crippen LogP contribution is -2.42. The van der Waals surface area contributed by atoms with Gasteiger partial charge in [0, 0.05) is 12.2 Å². The maximum absolute atomic E-state index is 11.7. The van der Waals surface area contributed by atoms with E-state index >= 15 is 0 Å². The molecule has 0 aliphatic heterocycles. The van der Waals surface area contributed by atoms with E-state index in [1.165, 1.54) is 0 Å². The van der Waals surface area contributed by atoms with Crippen LogP contribution >= 0.6 is 0 Å². The predicted molar refractivity (Wildman–Crippen MR) is 74.2 cm³/mol. The number of carbonyl (C=O) groups excluding carboxylic acids is 1. The summed E-state index contributed by atoms with van der Waals surface area (Å²) in [6.45, 7) is 5.43. The molecule has 0 saturated heterocycles. The molecule has 0 fully saturated rings. The van der Waals surface area contributed by atoms with E-state index in [1.807, 2.05) is 25.1 Å². The molecule has 0 saturated carbocycles. The number of carboxylic acids is 1. The van der Waals surface area contributed by atoms with Crippen molar-refractivity contribution in [3.63, 3.8) is 0 Å². The summed E-state index contributed by atoms with van der Waals surface area (Å²) in [5, 5.41) is 14.4. The maximum Gasteiger partial charge on any atom is 0.319 e. The van der Waals surface area contributed by atoms with Crippen LogP contribution < -0.4 is 10.6 Å². The van der Waals surface area contributed by atoms with Gasteiger partial charge in [0.05, 0.1) is 5.41 Å². The molecule has 1 unspecified atom stereocenters. The summed E-state index contributed by atoms with van der Waals surface area (Å²) in [4.78, 5) is 22.8. The van der Waals surface area contributed by atoms with Crippen LogP contribution in [-0.2, 0) is 4.79 Å². The molecule has 104 valence electrons. The highest BCUT2D eigenvalue weighted by molar-refractivity contribution is 5.89. The Hall–Kier alpha value is -2.04. The first kappa shape index (κ1) is 15.0. The number of hydrogen-bond donors (Lipinski definition) is 3. The van der Waals surface area contributed by atoms with Crippen LogP contribution in [0.3, 0.4) is 0 Å². The summed E-state index contributed by atoms with van der Waals surface area (Å²) in [6, 6.07) is 7.00. The number of urea groups is 1. The Morgan fingerprint density at radius 3 is 2.58 bits per heavy atom. The summed E-state index contributed by atoms with van der Waals surface area (Å²) >= 11 is 0. The number of benzene rings is 1. The zero-order valence-corrected chi connectivity index (χ0v) is 11.5. The molecule has 1 rings (SSSR count). The lowest BCUT2D eigenvalue weighted by molar-refractivity contribution is -0.147. The minimum atomic E-state index is -0.941. The number of carbonyl (C=O) groups is 2. The van der Waals surface area contributed by atoms with Crippen LogP contribution in [0.5, 0.6) is 0 Å². The largest absolute Gasteiger partial charge is 0.481 e. The molecule has 0 spiro atoms. The van der Waals surface area contributed by atoms with Crippen molar-refractivity contribution in [2.24, 2.45) is 5.41 Å². The lowest BCUT2D eigenvalue weighted by Gasteiger charge is -2.23. The molecule has 1 aromatic rings. The van der Waals surface area contributed by atoms with Gasteiger partial charge in [0.25, 0.3) is 0 Å². The second-order valence-electron chi connectivity index (χ2n) is 4.90. The number of aliphatic carboxylic acids is 1. The highest BCUT2D eigenvalue weighted by Crippen LogP contribution is 2.20. The Kier molecular flexibility index (Phi) is 4.92. The summed E-state index contributed by atoms with van der Waals surface area (Å²) in [5.41, 5.74) is 0.789. The molecule has 0 aromatic heterocycles. The first-order chi connectivity index (χ1) is 8.87. The molecule has 1 aromatic carbocycles. The summed E-state index contributed by atoms with van der Waals surface area (Å²) in [6.07, 6.45) is 0.451. The number of amides is 2. The predicted octanol–water partition coefficient (Wildman–Crippen LogP) is 2.62. The van der Waals surface area contributed by atoms with E-state index in [1.54, 1.807) is 19.9 Å². The second-order valence-corrected chi connectivity index (χ2v) is 4.90. The number of nitrogens with one attached hydrogen (secondary N) is 2. The molecule has 5 heteroatoms. The zero-order chi connectivity index (χ0) is 14.5. The molecule has 19 heavy (non-hydrogen) atoms. The monoisotopic (exact) mass is 264 g/mol. The van der Waals surface area contributed by atoms with Crippen LogP contribution in [0.25, 0.3) is 0 Å². The Morgan fingerprint density at radius 2 is 2.05 bits per heavy atom. The van der Waals surface area contributed by atoms with E-state index in [-0.39, 0.29) is 6.54 Å². The minimum Gasteiger partial charge on any atom is -0.481 e. The first-order valence-electron chi connectivity index (χ1n) is 6.22. The molecule has 2 amide bonds. The van der Waals surface area contributed by atoms with Crippen LogP contribution in [-0.4, -0.2) is 23.7 Å². The smallest absolute Gasteiger partial charge is 0.319 e. The van der Waals surface area contributed by atoms with Gasteiger partial charge in [-0.3, -0.25) is 4.79 Å². The SMILES string of the molecule is CCC(C)(CNC(=O)Nc1cccc(C)c1)C(=O)O. The Morgan fingerprint density at radius 1 is 1.37 bits per heavy atom. The summed E-state index contributed by atoms with van der Waals surface area (Å²) < 4.78 is 0. The van der Waals surface area contributed by atoms with Crippen molar-refractivity contribution >= 4 is 17.7 Å². The lowest BCUT2D eigenvalue weighted by atomic mass is 9.88. The van der Waals surface area contributed by atoms with E-state index in [0.29, 0.717) is 12.1 Å². The van der Waals surface area contributed by atoms with Crippen molar-refractivity contribution in [3.8, 4) is 0 Å². The number of rotatable bonds is 5. The van der Waals surface area contributed by atoms with Crippen molar-refractivity contribution in [2.45, 2.75) is 27.2 Å². The molecule has 0 heterocycles. The van der Waals surface area contributed by atoms with Crippen LogP contribution in [0.1, 0.15) is 25.8 Å². The highest BCUT2D eigenvalue weighted by Gasteiger charge is 2.31. The standard InChI is InChI=1S/C14H20N2O3/c1-4-14(3,12(17)18)9-15-13(19)16-11-7-5-6-10(2)8-11/h5-8H,4,9H2,1-3H3,(H,17,18)(H2,15,16,19). The molecule has 0 bridgehead atoms. The number of carboxylic acid groups (broad SMARTS) is 1. The Bertz CT molecular complexity index is 474. The van der Waals surface area contributed by atoms with Gasteiger partial charge in [-0.25, -0.2) is 4.79 Å². The molecule has 3 N–H and O–H groups in total. The maximum atomic E-state index is 11.7. The quantitative estimate of drug-likeness (QED) is 0.765. The molecule has 5 nitrogen and oxygen atoms in total. The van der Waals surface area contributed by atoms with Gasteiger partial charge >= 0.3 is 12.0 Å². The van der Waals surface area contributed by atoms with Gasteiger partial charge in [-0.2, -0.15) is 0 Å². The number of hydrogen-bond acceptors (Lipinski definition) is 2. The topological polar surface area (TPSA) is 78.4 Å². The van der Waals surface area contributed by atoms with Crippen LogP contribution in [0, 0.1) is 12.3 Å². The average molecular weight is 264 g/mol. The fraction of sp³-hybridized carbons (Fsp3) is 0.429. The average Bonchev–Trinajstić information content (AvgIpc) is 2.35. The number of aryl methyl sites for hydroxylation is 1. The third kappa shape index (κ3) is 4.28. The molecule has 0 radical (unpaired) electrons. The van der Waals surface area contributed by atoms with Crippen molar-refractivity contribution in [2.75, 3.05) is 11.9 Å². The summed E-state index contributed by atoms with van der Waals surface area (Å²) in [7, 11) is 0. The van der Waals surface area contributed by atoms with Gasteiger partial charge in [0.1, 0.15) is 0 Å². The van der Waals surface area contributed by atoms with Gasteiger partial charge in [-0.15, -0.1) is 0 Å². The van der Waals surface area contributed by atoms with Gasteiger partial charge in [0.15, 0.2) is 0 Å². The highest BCUT2D eigenvalue weighted by atomic mass is 16.4. The molecule has 0 aliphatic carbocycles. The zero-order valence-electron chi connectivity index (χ0n) is 11.5. The molecular formula is C14H20N2O3. The van der Waals surface area contributed by atoms with E-state index in [2.05, 4.69) is 10.6 Å². The van der Waals surface area contributed by atoms with Crippen LogP contribution in [0.15, 0.2) is 24.3 Å². The van der Waals surface area contributed by atoms with Crippen LogP contribution in [0.2, 0.25) is 0 Å². The Balaban J connectivity index is 2.55. The van der Waals surface area contributed by atoms with Crippen molar-refractivity contribution in [1.82, 2.24) is 5.32 Å². The number of anilines is 1. The van der Waals surface area contributed by atoms with E-state index in [4.69, 9.17) is 5.11 Å².